The Bertz CT molecular complexity index is 1260. The van der Waals surface area contributed by atoms with E-state index in [1.807, 2.05) is 36.4 Å². The molecule has 0 saturated heterocycles. The van der Waals surface area contributed by atoms with E-state index >= 15 is 0 Å². The van der Waals surface area contributed by atoms with Gasteiger partial charge >= 0.3 is 0 Å². The van der Waals surface area contributed by atoms with E-state index < -0.39 is 5.41 Å². The Hall–Kier alpha value is -2.24. The Labute approximate surface area is 212 Å². The summed E-state index contributed by atoms with van der Waals surface area (Å²) in [4.78, 5) is 17.3. The van der Waals surface area contributed by atoms with Crippen LogP contribution in [0, 0.1) is 0 Å². The van der Waals surface area contributed by atoms with Crippen molar-refractivity contribution in [2.75, 3.05) is 0 Å². The minimum atomic E-state index is -0.529. The van der Waals surface area contributed by atoms with Gasteiger partial charge in [-0.1, -0.05) is 90.8 Å². The normalized spacial score (nSPS) is 24.3. The summed E-state index contributed by atoms with van der Waals surface area (Å²) in [5.74, 6) is 0.0129. The Morgan fingerprint density at radius 1 is 0.636 bits per heavy atom. The summed E-state index contributed by atoms with van der Waals surface area (Å²) < 4.78 is 0. The van der Waals surface area contributed by atoms with E-state index in [-0.39, 0.29) is 28.3 Å². The third-order valence-electron chi connectivity index (χ3n) is 6.58. The molecule has 33 heavy (non-hydrogen) atoms. The summed E-state index contributed by atoms with van der Waals surface area (Å²) in [6, 6.07) is 24.3. The van der Waals surface area contributed by atoms with Gasteiger partial charge in [-0.2, -0.15) is 0 Å². The molecule has 0 bridgehead atoms. The molecule has 5 rings (SSSR count). The van der Waals surface area contributed by atoms with Crippen molar-refractivity contribution >= 4 is 46.4 Å². The van der Waals surface area contributed by atoms with E-state index in [1.54, 1.807) is 12.1 Å². The number of benzene rings is 2. The van der Waals surface area contributed by atoms with Crippen molar-refractivity contribution < 1.29 is 0 Å². The number of hydrogen-bond acceptors (Lipinski definition) is 4. The average molecular weight is 516 g/mol. The first-order chi connectivity index (χ1) is 15.9. The maximum absolute atomic E-state index is 6.33. The number of nitrogens with zero attached hydrogens (tertiary/aromatic N) is 4. The standard InChI is InChI=1S/C25H18Cl4N4/c1-25(17-13-19(27)33-24(29)31-17)21(15-10-6-3-7-11-15)20(14-8-4-2-5-9-14)22(25)16-12-18(26)32-23(28)30-16/h2-13,20-22H,1H3. The Balaban J connectivity index is 1.78. The summed E-state index contributed by atoms with van der Waals surface area (Å²) in [6.07, 6.45) is 0. The largest absolute Gasteiger partial charge is 0.224 e. The minimum Gasteiger partial charge on any atom is -0.223 e. The summed E-state index contributed by atoms with van der Waals surface area (Å²) in [5, 5.41) is 0.791. The van der Waals surface area contributed by atoms with Crippen molar-refractivity contribution in [1.82, 2.24) is 19.9 Å². The molecule has 1 saturated carbocycles. The van der Waals surface area contributed by atoms with Crippen LogP contribution in [0.3, 0.4) is 0 Å². The summed E-state index contributed by atoms with van der Waals surface area (Å²) >= 11 is 25.1. The highest BCUT2D eigenvalue weighted by Crippen LogP contribution is 2.69. The summed E-state index contributed by atoms with van der Waals surface area (Å²) in [7, 11) is 0. The molecule has 4 atom stereocenters. The SMILES string of the molecule is CC1(c2cc(Cl)nc(Cl)n2)C(c2ccccc2)C(c2ccccc2)C1c1cc(Cl)nc(Cl)n1. The zero-order valence-electron chi connectivity index (χ0n) is 17.5. The molecule has 2 aromatic heterocycles. The molecule has 1 aliphatic carbocycles. The van der Waals surface area contributed by atoms with E-state index in [2.05, 4.69) is 51.1 Å². The number of rotatable bonds is 4. The monoisotopic (exact) mass is 514 g/mol. The predicted molar refractivity (Wildman–Crippen MR) is 133 cm³/mol. The van der Waals surface area contributed by atoms with Crippen LogP contribution in [-0.2, 0) is 5.41 Å². The highest BCUT2D eigenvalue weighted by molar-refractivity contribution is 6.32. The second-order valence-electron chi connectivity index (χ2n) is 8.31. The molecule has 0 aliphatic heterocycles. The second kappa shape index (κ2) is 8.84. The molecule has 4 unspecified atom stereocenters. The van der Waals surface area contributed by atoms with Crippen LogP contribution in [0.2, 0.25) is 20.9 Å². The van der Waals surface area contributed by atoms with E-state index in [0.29, 0.717) is 10.3 Å². The van der Waals surface area contributed by atoms with Crippen LogP contribution < -0.4 is 0 Å². The van der Waals surface area contributed by atoms with Gasteiger partial charge in [0.15, 0.2) is 0 Å². The zero-order valence-corrected chi connectivity index (χ0v) is 20.5. The van der Waals surface area contributed by atoms with Gasteiger partial charge in [0.25, 0.3) is 0 Å². The fourth-order valence-corrected chi connectivity index (χ4v) is 6.16. The van der Waals surface area contributed by atoms with Gasteiger partial charge in [-0.25, -0.2) is 19.9 Å². The molecule has 8 heteroatoms. The molecule has 0 radical (unpaired) electrons. The molecule has 1 aliphatic rings. The quantitative estimate of drug-likeness (QED) is 0.208. The van der Waals surface area contributed by atoms with Crippen molar-refractivity contribution in [3.05, 3.63) is 116 Å². The van der Waals surface area contributed by atoms with Crippen LogP contribution in [0.25, 0.3) is 0 Å². The number of halogens is 4. The van der Waals surface area contributed by atoms with Gasteiger partial charge in [0.2, 0.25) is 10.6 Å². The second-order valence-corrected chi connectivity index (χ2v) is 9.77. The predicted octanol–water partition coefficient (Wildman–Crippen LogP) is 7.50. The van der Waals surface area contributed by atoms with Crippen LogP contribution in [0.15, 0.2) is 72.8 Å². The van der Waals surface area contributed by atoms with E-state index in [9.17, 15) is 0 Å². The molecule has 2 aromatic carbocycles. The number of hydrogen-bond donors (Lipinski definition) is 0. The molecule has 4 nitrogen and oxygen atoms in total. The topological polar surface area (TPSA) is 51.6 Å². The van der Waals surface area contributed by atoms with Gasteiger partial charge in [0.1, 0.15) is 10.3 Å². The lowest BCUT2D eigenvalue weighted by Gasteiger charge is -2.60. The van der Waals surface area contributed by atoms with Crippen LogP contribution in [0.1, 0.15) is 47.2 Å². The van der Waals surface area contributed by atoms with Crippen LogP contribution in [-0.4, -0.2) is 19.9 Å². The molecule has 2 heterocycles. The first-order valence-electron chi connectivity index (χ1n) is 10.4. The van der Waals surface area contributed by atoms with Gasteiger partial charge in [-0.15, -0.1) is 0 Å². The highest BCUT2D eigenvalue weighted by Gasteiger charge is 2.62. The molecule has 4 aromatic rings. The fourth-order valence-electron chi connectivity index (χ4n) is 5.33. The lowest BCUT2D eigenvalue weighted by atomic mass is 9.42. The van der Waals surface area contributed by atoms with Crippen molar-refractivity contribution in [2.45, 2.75) is 30.1 Å². The fraction of sp³-hybridized carbons (Fsp3) is 0.200. The minimum absolute atomic E-state index is 0.0562. The molecule has 0 spiro atoms. The molecule has 1 fully saturated rings. The Morgan fingerprint density at radius 2 is 1.18 bits per heavy atom. The van der Waals surface area contributed by atoms with Crippen molar-refractivity contribution in [3.8, 4) is 0 Å². The third-order valence-corrected chi connectivity index (χ3v) is 7.30. The molecule has 166 valence electrons. The van der Waals surface area contributed by atoms with Gasteiger partial charge in [-0.05, 0) is 46.5 Å². The maximum Gasteiger partial charge on any atom is 0.224 e. The van der Waals surface area contributed by atoms with Crippen molar-refractivity contribution in [2.24, 2.45) is 0 Å². The van der Waals surface area contributed by atoms with E-state index in [0.717, 1.165) is 11.4 Å². The van der Waals surface area contributed by atoms with E-state index in [1.165, 1.54) is 11.1 Å². The zero-order chi connectivity index (χ0) is 23.2. The third kappa shape index (κ3) is 4.00. The first kappa shape index (κ1) is 22.5. The number of aromatic nitrogens is 4. The molecular formula is C25H18Cl4N4. The van der Waals surface area contributed by atoms with Gasteiger partial charge in [0, 0.05) is 23.2 Å². The van der Waals surface area contributed by atoms with Crippen LogP contribution in [0.5, 0.6) is 0 Å². The van der Waals surface area contributed by atoms with Crippen LogP contribution in [0.4, 0.5) is 0 Å². The lowest BCUT2D eigenvalue weighted by Crippen LogP contribution is -2.54. The van der Waals surface area contributed by atoms with Crippen molar-refractivity contribution in [3.63, 3.8) is 0 Å². The smallest absolute Gasteiger partial charge is 0.223 e. The summed E-state index contributed by atoms with van der Waals surface area (Å²) in [5.41, 5.74) is 3.32. The van der Waals surface area contributed by atoms with Gasteiger partial charge in [0.05, 0.1) is 11.4 Å². The Kier molecular flexibility index (Phi) is 6.04. The van der Waals surface area contributed by atoms with Gasteiger partial charge < -0.3 is 0 Å². The first-order valence-corrected chi connectivity index (χ1v) is 11.9. The van der Waals surface area contributed by atoms with Crippen LogP contribution >= 0.6 is 46.4 Å². The lowest BCUT2D eigenvalue weighted by molar-refractivity contribution is 0.114. The molecule has 0 N–H and O–H groups in total. The van der Waals surface area contributed by atoms with E-state index in [4.69, 9.17) is 46.4 Å². The van der Waals surface area contributed by atoms with Crippen molar-refractivity contribution in [1.29, 1.82) is 0 Å². The Morgan fingerprint density at radius 3 is 1.76 bits per heavy atom. The molecular weight excluding hydrogens is 498 g/mol. The summed E-state index contributed by atoms with van der Waals surface area (Å²) in [6.45, 7) is 2.16. The average Bonchev–Trinajstić information content (AvgIpc) is 2.77. The van der Waals surface area contributed by atoms with Gasteiger partial charge in [-0.3, -0.25) is 0 Å². The molecule has 0 amide bonds. The highest BCUT2D eigenvalue weighted by atomic mass is 35.5. The maximum atomic E-state index is 6.33.